The molecule has 5 heteroatoms. The number of aromatic nitrogens is 1. The highest BCUT2D eigenvalue weighted by Gasteiger charge is 2.14. The molecule has 0 aliphatic carbocycles. The topological polar surface area (TPSA) is 54.0 Å². The molecule has 0 bridgehead atoms. The molecule has 0 aliphatic heterocycles. The molecule has 1 unspecified atom stereocenters. The molecule has 2 heterocycles. The smallest absolute Gasteiger partial charge is 0.251 e. The van der Waals surface area contributed by atoms with E-state index >= 15 is 0 Å². The lowest BCUT2D eigenvalue weighted by molar-refractivity contribution is 0.0940. The second kappa shape index (κ2) is 6.72. The Labute approximate surface area is 129 Å². The van der Waals surface area contributed by atoms with Gasteiger partial charge in [0.2, 0.25) is 0 Å². The molecule has 0 saturated carbocycles. The van der Waals surface area contributed by atoms with Crippen molar-refractivity contribution in [1.82, 2.24) is 10.3 Å². The van der Waals surface area contributed by atoms with Crippen LogP contribution >= 0.6 is 11.3 Å². The number of hydrogen-bond acceptors (Lipinski definition) is 4. The van der Waals surface area contributed by atoms with Crippen LogP contribution in [0.3, 0.4) is 0 Å². The molecule has 0 saturated heterocycles. The maximum Gasteiger partial charge on any atom is 0.251 e. The number of nitrogens with one attached hydrogen (secondary N) is 2. The summed E-state index contributed by atoms with van der Waals surface area (Å²) >= 11 is 1.71. The van der Waals surface area contributed by atoms with Gasteiger partial charge >= 0.3 is 0 Å². The Morgan fingerprint density at radius 2 is 2.10 bits per heavy atom. The lowest BCUT2D eigenvalue weighted by atomic mass is 10.2. The first-order valence-electron chi connectivity index (χ1n) is 7.09. The fourth-order valence-electron chi connectivity index (χ4n) is 2.11. The number of pyridine rings is 1. The summed E-state index contributed by atoms with van der Waals surface area (Å²) in [6.07, 6.45) is 0. The normalized spacial score (nSPS) is 12.0. The van der Waals surface area contributed by atoms with E-state index in [-0.39, 0.29) is 11.9 Å². The van der Waals surface area contributed by atoms with E-state index in [4.69, 9.17) is 0 Å². The van der Waals surface area contributed by atoms with Crippen LogP contribution in [0.2, 0.25) is 0 Å². The van der Waals surface area contributed by atoms with Gasteiger partial charge in [-0.25, -0.2) is 4.98 Å². The number of carbonyl (C=O) groups excluding carboxylic acids is 1. The largest absolute Gasteiger partial charge is 0.370 e. The van der Waals surface area contributed by atoms with Crippen molar-refractivity contribution in [3.8, 4) is 0 Å². The van der Waals surface area contributed by atoms with Crippen molar-refractivity contribution in [3.05, 3.63) is 45.3 Å². The van der Waals surface area contributed by atoms with Gasteiger partial charge in [-0.1, -0.05) is 0 Å². The van der Waals surface area contributed by atoms with Crippen molar-refractivity contribution < 1.29 is 4.79 Å². The second-order valence-corrected chi connectivity index (χ2v) is 6.38. The second-order valence-electron chi connectivity index (χ2n) is 5.06. The minimum absolute atomic E-state index is 0.00672. The maximum atomic E-state index is 12.4. The third-order valence-electron chi connectivity index (χ3n) is 3.11. The number of thiophene rings is 1. The van der Waals surface area contributed by atoms with Crippen molar-refractivity contribution in [3.63, 3.8) is 0 Å². The third-order valence-corrected chi connectivity index (χ3v) is 4.29. The molecule has 0 aliphatic rings. The lowest BCUT2D eigenvalue weighted by Crippen LogP contribution is -2.26. The van der Waals surface area contributed by atoms with Crippen molar-refractivity contribution in [2.75, 3.05) is 11.9 Å². The Kier molecular flexibility index (Phi) is 4.96. The minimum Gasteiger partial charge on any atom is -0.370 e. The summed E-state index contributed by atoms with van der Waals surface area (Å²) < 4.78 is 0. The monoisotopic (exact) mass is 303 g/mol. The van der Waals surface area contributed by atoms with Gasteiger partial charge in [0.25, 0.3) is 5.91 Å². The number of aryl methyl sites for hydroxylation is 2. The number of carbonyl (C=O) groups is 1. The summed E-state index contributed by atoms with van der Waals surface area (Å²) in [6.45, 7) is 8.75. The first kappa shape index (κ1) is 15.5. The summed E-state index contributed by atoms with van der Waals surface area (Å²) in [7, 11) is 0. The summed E-state index contributed by atoms with van der Waals surface area (Å²) in [6, 6.07) is 7.74. The van der Waals surface area contributed by atoms with E-state index in [0.717, 1.165) is 18.1 Å². The van der Waals surface area contributed by atoms with Gasteiger partial charge in [-0.15, -0.1) is 11.3 Å². The van der Waals surface area contributed by atoms with E-state index in [0.29, 0.717) is 5.56 Å². The van der Waals surface area contributed by atoms with E-state index in [1.165, 1.54) is 9.75 Å². The van der Waals surface area contributed by atoms with Crippen LogP contribution in [0.15, 0.2) is 24.3 Å². The van der Waals surface area contributed by atoms with Crippen LogP contribution in [0.1, 0.15) is 45.7 Å². The van der Waals surface area contributed by atoms with Crippen LogP contribution in [0.25, 0.3) is 0 Å². The van der Waals surface area contributed by atoms with Gasteiger partial charge in [0.05, 0.1) is 6.04 Å². The molecular weight excluding hydrogens is 282 g/mol. The van der Waals surface area contributed by atoms with Gasteiger partial charge in [0, 0.05) is 27.6 Å². The molecule has 4 nitrogen and oxygen atoms in total. The Morgan fingerprint density at radius 1 is 1.33 bits per heavy atom. The van der Waals surface area contributed by atoms with E-state index in [1.54, 1.807) is 17.4 Å². The van der Waals surface area contributed by atoms with Gasteiger partial charge in [-0.3, -0.25) is 4.79 Å². The van der Waals surface area contributed by atoms with E-state index in [1.807, 2.05) is 26.8 Å². The van der Waals surface area contributed by atoms with Crippen LogP contribution in [-0.4, -0.2) is 17.4 Å². The molecule has 1 amide bonds. The molecule has 2 aromatic rings. The predicted molar refractivity (Wildman–Crippen MR) is 88.1 cm³/mol. The molecule has 112 valence electrons. The molecule has 1 atom stereocenters. The zero-order valence-corrected chi connectivity index (χ0v) is 13.7. The maximum absolute atomic E-state index is 12.4. The van der Waals surface area contributed by atoms with Gasteiger partial charge in [-0.2, -0.15) is 0 Å². The number of nitrogens with zero attached hydrogens (tertiary/aromatic N) is 1. The molecule has 0 radical (unpaired) electrons. The van der Waals surface area contributed by atoms with Gasteiger partial charge in [0.15, 0.2) is 0 Å². The highest BCUT2D eigenvalue weighted by atomic mass is 32.1. The fraction of sp³-hybridized carbons (Fsp3) is 0.375. The molecule has 2 aromatic heterocycles. The van der Waals surface area contributed by atoms with E-state index in [2.05, 4.69) is 34.7 Å². The Balaban J connectivity index is 2.12. The van der Waals surface area contributed by atoms with Crippen molar-refractivity contribution in [1.29, 1.82) is 0 Å². The molecular formula is C16H21N3OS. The quantitative estimate of drug-likeness (QED) is 0.886. The molecule has 2 rings (SSSR count). The van der Waals surface area contributed by atoms with Gasteiger partial charge in [0.1, 0.15) is 5.82 Å². The van der Waals surface area contributed by atoms with Gasteiger partial charge in [-0.05, 0) is 52.0 Å². The first-order chi connectivity index (χ1) is 9.99. The number of hydrogen-bond donors (Lipinski definition) is 2. The number of anilines is 1. The van der Waals surface area contributed by atoms with Crippen LogP contribution in [-0.2, 0) is 0 Å². The average Bonchev–Trinajstić information content (AvgIpc) is 2.85. The van der Waals surface area contributed by atoms with Crippen molar-refractivity contribution in [2.45, 2.75) is 33.7 Å². The number of amides is 1. The van der Waals surface area contributed by atoms with Gasteiger partial charge < -0.3 is 10.6 Å². The summed E-state index contributed by atoms with van der Waals surface area (Å²) in [5.41, 5.74) is 1.47. The van der Waals surface area contributed by atoms with E-state index < -0.39 is 0 Å². The fourth-order valence-corrected chi connectivity index (χ4v) is 2.99. The SMILES string of the molecule is CCNc1cc(C(=O)NC(C)c2ccc(C)s2)cc(C)n1. The van der Waals surface area contributed by atoms with Crippen molar-refractivity contribution in [2.24, 2.45) is 0 Å². The van der Waals surface area contributed by atoms with Crippen LogP contribution in [0, 0.1) is 13.8 Å². The van der Waals surface area contributed by atoms with Crippen LogP contribution < -0.4 is 10.6 Å². The molecule has 2 N–H and O–H groups in total. The Bertz CT molecular complexity index is 636. The average molecular weight is 303 g/mol. The lowest BCUT2D eigenvalue weighted by Gasteiger charge is -2.13. The van der Waals surface area contributed by atoms with Crippen LogP contribution in [0.5, 0.6) is 0 Å². The molecule has 0 fully saturated rings. The number of rotatable bonds is 5. The Hall–Kier alpha value is -1.88. The molecule has 0 aromatic carbocycles. The van der Waals surface area contributed by atoms with E-state index in [9.17, 15) is 4.79 Å². The summed E-state index contributed by atoms with van der Waals surface area (Å²) in [5, 5.41) is 6.18. The highest BCUT2D eigenvalue weighted by molar-refractivity contribution is 7.12. The summed E-state index contributed by atoms with van der Waals surface area (Å²) in [4.78, 5) is 19.2. The summed E-state index contributed by atoms with van der Waals surface area (Å²) in [5.74, 6) is 0.667. The van der Waals surface area contributed by atoms with Crippen LogP contribution in [0.4, 0.5) is 5.82 Å². The zero-order chi connectivity index (χ0) is 15.4. The highest BCUT2D eigenvalue weighted by Crippen LogP contribution is 2.22. The minimum atomic E-state index is -0.0711. The third kappa shape index (κ3) is 4.04. The standard InChI is InChI=1S/C16H21N3OS/c1-5-17-15-9-13(8-10(2)18-15)16(20)19-12(4)14-7-6-11(3)21-14/h6-9,12H,5H2,1-4H3,(H,17,18)(H,19,20). The predicted octanol–water partition coefficient (Wildman–Crippen LogP) is 3.68. The zero-order valence-electron chi connectivity index (χ0n) is 12.9. The molecule has 21 heavy (non-hydrogen) atoms. The Morgan fingerprint density at radius 3 is 2.71 bits per heavy atom. The molecule has 0 spiro atoms. The van der Waals surface area contributed by atoms with Crippen molar-refractivity contribution >= 4 is 23.1 Å². The first-order valence-corrected chi connectivity index (χ1v) is 7.91.